The van der Waals surface area contributed by atoms with Gasteiger partial charge in [-0.25, -0.2) is 0 Å². The van der Waals surface area contributed by atoms with Crippen LogP contribution in [0.2, 0.25) is 0 Å². The van der Waals surface area contributed by atoms with Gasteiger partial charge in [0.1, 0.15) is 0 Å². The lowest BCUT2D eigenvalue weighted by Crippen LogP contribution is -2.52. The van der Waals surface area contributed by atoms with E-state index in [9.17, 15) is 9.59 Å². The first-order chi connectivity index (χ1) is 17.0. The van der Waals surface area contributed by atoms with E-state index < -0.39 is 11.5 Å². The first-order valence-corrected chi connectivity index (χ1v) is 13.6. The maximum absolute atomic E-state index is 13.5. The molecular formula is C28H35N3O3S. The lowest BCUT2D eigenvalue weighted by atomic mass is 9.73. The summed E-state index contributed by atoms with van der Waals surface area (Å²) in [6, 6.07) is 13.0. The number of benzene rings is 1. The third-order valence-corrected chi connectivity index (χ3v) is 8.48. The number of hydrogen-bond acceptors (Lipinski definition) is 6. The fourth-order valence-electron chi connectivity index (χ4n) is 5.36. The minimum absolute atomic E-state index is 0.0547. The summed E-state index contributed by atoms with van der Waals surface area (Å²) in [7, 11) is 0. The average Bonchev–Trinajstić information content (AvgIpc) is 3.41. The molecule has 1 aliphatic carbocycles. The fraction of sp³-hybridized carbons (Fsp3) is 0.536. The number of nitrogens with zero attached hydrogens (tertiary/aromatic N) is 2. The monoisotopic (exact) mass is 493 g/mol. The second kappa shape index (κ2) is 11.8. The molecule has 4 rings (SSSR count). The standard InChI is InChI=1S/C28H35N3O3S/c29-19-22-10-8-21(9-11-22)18-28(27(33)34-20-23-5-2-1-3-6-23)12-14-31(15-13-28)26(32)25(30)17-24-7-4-16-35-24/h4,7-11,16,23,25H,1-3,5-6,12-15,17-18,20,30H2. The van der Waals surface area contributed by atoms with E-state index in [1.54, 1.807) is 23.5 Å². The van der Waals surface area contributed by atoms with Gasteiger partial charge in [-0.05, 0) is 67.2 Å². The second-order valence-corrected chi connectivity index (χ2v) is 11.1. The van der Waals surface area contributed by atoms with Gasteiger partial charge in [-0.15, -0.1) is 11.3 Å². The normalized spacial score (nSPS) is 19.0. The number of carbonyl (C=O) groups is 2. The van der Waals surface area contributed by atoms with Gasteiger partial charge in [-0.1, -0.05) is 37.5 Å². The molecule has 1 saturated carbocycles. The molecule has 1 aromatic heterocycles. The number of amides is 1. The van der Waals surface area contributed by atoms with Crippen LogP contribution >= 0.6 is 11.3 Å². The van der Waals surface area contributed by atoms with Crippen molar-refractivity contribution >= 4 is 23.2 Å². The van der Waals surface area contributed by atoms with E-state index in [4.69, 9.17) is 15.7 Å². The van der Waals surface area contributed by atoms with Crippen LogP contribution in [-0.2, 0) is 27.2 Å². The maximum atomic E-state index is 13.5. The zero-order chi connectivity index (χ0) is 24.7. The van der Waals surface area contributed by atoms with Crippen molar-refractivity contribution < 1.29 is 14.3 Å². The largest absolute Gasteiger partial charge is 0.465 e. The molecule has 2 heterocycles. The van der Waals surface area contributed by atoms with Crippen molar-refractivity contribution in [1.29, 1.82) is 5.26 Å². The molecule has 0 bridgehead atoms. The van der Waals surface area contributed by atoms with Crippen molar-refractivity contribution in [2.45, 2.75) is 63.8 Å². The van der Waals surface area contributed by atoms with E-state index in [0.717, 1.165) is 23.3 Å². The van der Waals surface area contributed by atoms with E-state index in [1.807, 2.05) is 34.5 Å². The van der Waals surface area contributed by atoms with Crippen LogP contribution in [0.1, 0.15) is 60.9 Å². The van der Waals surface area contributed by atoms with Gasteiger partial charge in [-0.3, -0.25) is 9.59 Å². The molecule has 1 aliphatic heterocycles. The Hall–Kier alpha value is -2.69. The molecular weight excluding hydrogens is 458 g/mol. The Morgan fingerprint density at radius 1 is 1.14 bits per heavy atom. The smallest absolute Gasteiger partial charge is 0.312 e. The minimum atomic E-state index is -0.669. The van der Waals surface area contributed by atoms with Crippen LogP contribution in [0.15, 0.2) is 41.8 Å². The number of carbonyl (C=O) groups excluding carboxylic acids is 2. The average molecular weight is 494 g/mol. The predicted octanol–water partition coefficient (Wildman–Crippen LogP) is 4.46. The van der Waals surface area contributed by atoms with Crippen LogP contribution in [0.4, 0.5) is 0 Å². The Bertz CT molecular complexity index is 1010. The van der Waals surface area contributed by atoms with Crippen LogP contribution in [-0.4, -0.2) is 42.5 Å². The van der Waals surface area contributed by atoms with Crippen LogP contribution < -0.4 is 5.73 Å². The van der Waals surface area contributed by atoms with E-state index in [-0.39, 0.29) is 11.9 Å². The maximum Gasteiger partial charge on any atom is 0.312 e. The van der Waals surface area contributed by atoms with Crippen molar-refractivity contribution in [3.05, 3.63) is 57.8 Å². The first-order valence-electron chi connectivity index (χ1n) is 12.7. The van der Waals surface area contributed by atoms with Gasteiger partial charge < -0.3 is 15.4 Å². The summed E-state index contributed by atoms with van der Waals surface area (Å²) >= 11 is 1.61. The molecule has 1 amide bonds. The van der Waals surface area contributed by atoms with Gasteiger partial charge in [0, 0.05) is 24.4 Å². The van der Waals surface area contributed by atoms with Crippen molar-refractivity contribution in [2.24, 2.45) is 17.1 Å². The highest BCUT2D eigenvalue weighted by molar-refractivity contribution is 7.09. The van der Waals surface area contributed by atoms with E-state index in [1.165, 1.54) is 19.3 Å². The van der Waals surface area contributed by atoms with Crippen molar-refractivity contribution in [3.8, 4) is 6.07 Å². The molecule has 6 nitrogen and oxygen atoms in total. The first kappa shape index (κ1) is 25.4. The van der Waals surface area contributed by atoms with E-state index in [0.29, 0.717) is 56.9 Å². The lowest BCUT2D eigenvalue weighted by molar-refractivity contribution is -0.162. The molecule has 7 heteroatoms. The van der Waals surface area contributed by atoms with Crippen molar-refractivity contribution in [2.75, 3.05) is 19.7 Å². The number of esters is 1. The quantitative estimate of drug-likeness (QED) is 0.548. The Morgan fingerprint density at radius 2 is 1.86 bits per heavy atom. The lowest BCUT2D eigenvalue weighted by Gasteiger charge is -2.41. The highest BCUT2D eigenvalue weighted by atomic mass is 32.1. The topological polar surface area (TPSA) is 96.4 Å². The number of ether oxygens (including phenoxy) is 1. The molecule has 186 valence electrons. The van der Waals surface area contributed by atoms with E-state index in [2.05, 4.69) is 6.07 Å². The summed E-state index contributed by atoms with van der Waals surface area (Å²) in [5, 5.41) is 11.1. The van der Waals surface area contributed by atoms with Crippen molar-refractivity contribution in [3.63, 3.8) is 0 Å². The zero-order valence-corrected chi connectivity index (χ0v) is 21.1. The number of likely N-dealkylation sites (tertiary alicyclic amines) is 1. The molecule has 0 radical (unpaired) electrons. The van der Waals surface area contributed by atoms with Gasteiger partial charge in [0.25, 0.3) is 0 Å². The van der Waals surface area contributed by atoms with Gasteiger partial charge in [0.05, 0.1) is 29.7 Å². The van der Waals surface area contributed by atoms with Gasteiger partial charge in [-0.2, -0.15) is 5.26 Å². The molecule has 2 aliphatic rings. The predicted molar refractivity (Wildman–Crippen MR) is 137 cm³/mol. The Labute approximate surface area is 212 Å². The summed E-state index contributed by atoms with van der Waals surface area (Å²) in [6.45, 7) is 1.47. The molecule has 35 heavy (non-hydrogen) atoms. The van der Waals surface area contributed by atoms with Crippen molar-refractivity contribution in [1.82, 2.24) is 4.90 Å². The van der Waals surface area contributed by atoms with E-state index >= 15 is 0 Å². The number of thiophene rings is 1. The molecule has 2 aromatic rings. The Kier molecular flexibility index (Phi) is 8.59. The molecule has 0 spiro atoms. The molecule has 1 atom stereocenters. The summed E-state index contributed by atoms with van der Waals surface area (Å²) in [4.78, 5) is 29.4. The summed E-state index contributed by atoms with van der Waals surface area (Å²) in [5.41, 5.74) is 7.18. The van der Waals surface area contributed by atoms with Gasteiger partial charge in [0.15, 0.2) is 0 Å². The Morgan fingerprint density at radius 3 is 2.49 bits per heavy atom. The molecule has 2 fully saturated rings. The number of rotatable bonds is 8. The van der Waals surface area contributed by atoms with Crippen LogP contribution in [0.5, 0.6) is 0 Å². The summed E-state index contributed by atoms with van der Waals surface area (Å²) in [6.07, 6.45) is 8.12. The highest BCUT2D eigenvalue weighted by Crippen LogP contribution is 2.37. The molecule has 1 unspecified atom stereocenters. The highest BCUT2D eigenvalue weighted by Gasteiger charge is 2.44. The SMILES string of the molecule is N#Cc1ccc(CC2(C(=O)OCC3CCCCC3)CCN(C(=O)C(N)Cc3cccs3)CC2)cc1. The number of nitriles is 1. The summed E-state index contributed by atoms with van der Waals surface area (Å²) in [5.74, 6) is 0.250. The van der Waals surface area contributed by atoms with Gasteiger partial charge in [0.2, 0.25) is 5.91 Å². The van der Waals surface area contributed by atoms with Gasteiger partial charge >= 0.3 is 5.97 Å². The van der Waals surface area contributed by atoms with Crippen LogP contribution in [0.3, 0.4) is 0 Å². The fourth-order valence-corrected chi connectivity index (χ4v) is 6.13. The number of nitrogens with two attached hydrogens (primary N) is 1. The molecule has 1 saturated heterocycles. The van der Waals surface area contributed by atoms with Crippen LogP contribution in [0, 0.1) is 22.7 Å². The molecule has 1 aromatic carbocycles. The zero-order valence-electron chi connectivity index (χ0n) is 20.3. The molecule has 2 N–H and O–H groups in total. The number of piperidine rings is 1. The third-order valence-electron chi connectivity index (χ3n) is 7.58. The van der Waals surface area contributed by atoms with Crippen LogP contribution in [0.25, 0.3) is 0 Å². The number of hydrogen-bond donors (Lipinski definition) is 1. The summed E-state index contributed by atoms with van der Waals surface area (Å²) < 4.78 is 5.94. The minimum Gasteiger partial charge on any atom is -0.465 e. The third kappa shape index (κ3) is 6.50. The second-order valence-electron chi connectivity index (χ2n) is 10.1. The Balaban J connectivity index is 1.42.